The summed E-state index contributed by atoms with van der Waals surface area (Å²) >= 11 is 0. The van der Waals surface area contributed by atoms with Crippen molar-refractivity contribution in [2.75, 3.05) is 18.1 Å². The third-order valence-electron chi connectivity index (χ3n) is 3.05. The molecule has 9 nitrogen and oxygen atoms in total. The molecule has 0 aliphatic carbocycles. The zero-order valence-corrected chi connectivity index (χ0v) is 12.2. The highest BCUT2D eigenvalue weighted by Crippen LogP contribution is 2.06. The fourth-order valence-corrected chi connectivity index (χ4v) is 3.46. The Balaban J connectivity index is 2.50. The van der Waals surface area contributed by atoms with Crippen LogP contribution in [0.5, 0.6) is 0 Å². The van der Waals surface area contributed by atoms with Gasteiger partial charge in [-0.05, 0) is 6.42 Å². The molecule has 1 unspecified atom stereocenters. The Bertz CT molecular complexity index is 518. The summed E-state index contributed by atoms with van der Waals surface area (Å²) in [7, 11) is -3.16. The molecule has 0 aromatic heterocycles. The minimum atomic E-state index is -3.16. The average Bonchev–Trinajstić information content (AvgIpc) is 2.32. The van der Waals surface area contributed by atoms with Crippen LogP contribution in [0.2, 0.25) is 0 Å². The van der Waals surface area contributed by atoms with Gasteiger partial charge in [0.1, 0.15) is 6.04 Å². The van der Waals surface area contributed by atoms with Gasteiger partial charge >= 0.3 is 5.97 Å². The van der Waals surface area contributed by atoms with Crippen LogP contribution in [0.3, 0.4) is 0 Å². The van der Waals surface area contributed by atoms with Crippen LogP contribution in [0.1, 0.15) is 19.3 Å². The van der Waals surface area contributed by atoms with E-state index in [9.17, 15) is 22.8 Å². The highest BCUT2D eigenvalue weighted by Gasteiger charge is 2.27. The first-order valence-electron chi connectivity index (χ1n) is 6.44. The third kappa shape index (κ3) is 6.54. The van der Waals surface area contributed by atoms with Gasteiger partial charge < -0.3 is 21.5 Å². The van der Waals surface area contributed by atoms with Crippen LogP contribution >= 0.6 is 0 Å². The van der Waals surface area contributed by atoms with Gasteiger partial charge in [0.2, 0.25) is 11.8 Å². The SMILES string of the molecule is NC(=O)CC[C@H](NC(=O)CC1CS(=O)(=O)CCN1)C(=O)O. The highest BCUT2D eigenvalue weighted by atomic mass is 32.2. The number of rotatable bonds is 7. The van der Waals surface area contributed by atoms with Crippen LogP contribution in [0.15, 0.2) is 0 Å². The first-order valence-corrected chi connectivity index (χ1v) is 8.26. The number of amides is 2. The Morgan fingerprint density at radius 2 is 2.05 bits per heavy atom. The van der Waals surface area contributed by atoms with Crippen molar-refractivity contribution in [2.45, 2.75) is 31.3 Å². The maximum Gasteiger partial charge on any atom is 0.326 e. The molecule has 1 aliphatic rings. The number of carbonyl (C=O) groups is 3. The molecule has 0 bridgehead atoms. The largest absolute Gasteiger partial charge is 0.480 e. The summed E-state index contributed by atoms with van der Waals surface area (Å²) < 4.78 is 22.9. The second kappa shape index (κ2) is 7.36. The van der Waals surface area contributed by atoms with E-state index in [-0.39, 0.29) is 37.3 Å². The van der Waals surface area contributed by atoms with Gasteiger partial charge in [0, 0.05) is 25.4 Å². The van der Waals surface area contributed by atoms with Crippen molar-refractivity contribution in [3.05, 3.63) is 0 Å². The number of nitrogens with two attached hydrogens (primary N) is 1. The van der Waals surface area contributed by atoms with Gasteiger partial charge in [0.05, 0.1) is 11.5 Å². The van der Waals surface area contributed by atoms with Gasteiger partial charge in [-0.3, -0.25) is 9.59 Å². The van der Waals surface area contributed by atoms with Crippen LogP contribution in [0, 0.1) is 0 Å². The molecule has 10 heteroatoms. The molecule has 0 spiro atoms. The fraction of sp³-hybridized carbons (Fsp3) is 0.727. The Hall–Kier alpha value is -1.68. The number of aliphatic carboxylic acids is 1. The van der Waals surface area contributed by atoms with Crippen LogP contribution in [0.25, 0.3) is 0 Å². The average molecular weight is 321 g/mol. The fourth-order valence-electron chi connectivity index (χ4n) is 2.02. The van der Waals surface area contributed by atoms with Crippen molar-refractivity contribution < 1.29 is 27.9 Å². The minimum absolute atomic E-state index is 0.0292. The molecular weight excluding hydrogens is 302 g/mol. The van der Waals surface area contributed by atoms with E-state index in [2.05, 4.69) is 10.6 Å². The minimum Gasteiger partial charge on any atom is -0.480 e. The Morgan fingerprint density at radius 3 is 2.57 bits per heavy atom. The second-order valence-electron chi connectivity index (χ2n) is 4.93. The molecule has 1 rings (SSSR count). The van der Waals surface area contributed by atoms with E-state index in [1.165, 1.54) is 0 Å². The van der Waals surface area contributed by atoms with Crippen LogP contribution in [-0.4, -0.2) is 61.4 Å². The lowest BCUT2D eigenvalue weighted by Crippen LogP contribution is -2.49. The lowest BCUT2D eigenvalue weighted by Gasteiger charge is -2.23. The smallest absolute Gasteiger partial charge is 0.326 e. The van der Waals surface area contributed by atoms with Crippen LogP contribution in [-0.2, 0) is 24.2 Å². The molecule has 0 aromatic carbocycles. The van der Waals surface area contributed by atoms with Gasteiger partial charge in [-0.15, -0.1) is 0 Å². The molecule has 5 N–H and O–H groups in total. The lowest BCUT2D eigenvalue weighted by atomic mass is 10.1. The number of sulfone groups is 1. The Kier molecular flexibility index (Phi) is 6.09. The summed E-state index contributed by atoms with van der Waals surface area (Å²) in [5, 5.41) is 14.1. The van der Waals surface area contributed by atoms with Gasteiger partial charge in [0.15, 0.2) is 9.84 Å². The number of carbonyl (C=O) groups excluding carboxylic acids is 2. The molecule has 21 heavy (non-hydrogen) atoms. The molecule has 1 saturated heterocycles. The number of nitrogens with one attached hydrogen (secondary N) is 2. The van der Waals surface area contributed by atoms with Crippen LogP contribution in [0.4, 0.5) is 0 Å². The summed E-state index contributed by atoms with van der Waals surface area (Å²) in [5.41, 5.74) is 4.93. The second-order valence-corrected chi connectivity index (χ2v) is 7.16. The molecule has 0 radical (unpaired) electrons. The molecule has 2 amide bonds. The van der Waals surface area contributed by atoms with E-state index in [0.717, 1.165) is 0 Å². The maximum atomic E-state index is 11.8. The molecule has 0 saturated carbocycles. The summed E-state index contributed by atoms with van der Waals surface area (Å²) in [6.45, 7) is 0.268. The van der Waals surface area contributed by atoms with E-state index in [1.54, 1.807) is 0 Å². The summed E-state index contributed by atoms with van der Waals surface area (Å²) in [5.74, 6) is -2.63. The number of carboxylic acids is 1. The van der Waals surface area contributed by atoms with Gasteiger partial charge in [-0.1, -0.05) is 0 Å². The van der Waals surface area contributed by atoms with Crippen molar-refractivity contribution in [3.63, 3.8) is 0 Å². The highest BCUT2D eigenvalue weighted by molar-refractivity contribution is 7.91. The van der Waals surface area contributed by atoms with E-state index in [4.69, 9.17) is 10.8 Å². The van der Waals surface area contributed by atoms with Crippen LogP contribution < -0.4 is 16.4 Å². The first-order chi connectivity index (χ1) is 9.69. The Morgan fingerprint density at radius 1 is 1.38 bits per heavy atom. The van der Waals surface area contributed by atoms with Crippen molar-refractivity contribution in [3.8, 4) is 0 Å². The lowest BCUT2D eigenvalue weighted by molar-refractivity contribution is -0.142. The standard InChI is InChI=1S/C11H19N3O6S/c12-9(15)2-1-8(11(17)18)14-10(16)5-7-6-21(19,20)4-3-13-7/h7-8,13H,1-6H2,(H2,12,15)(H,14,16)(H,17,18)/t7?,8-/m0/s1. The zero-order valence-electron chi connectivity index (χ0n) is 11.4. The summed E-state index contributed by atoms with van der Waals surface area (Å²) in [6, 6.07) is -1.75. The topological polar surface area (TPSA) is 156 Å². The predicted octanol–water partition coefficient (Wildman–Crippen LogP) is -2.40. The summed E-state index contributed by atoms with van der Waals surface area (Å²) in [6.07, 6.45) is -0.403. The van der Waals surface area contributed by atoms with Crippen molar-refractivity contribution in [1.29, 1.82) is 0 Å². The van der Waals surface area contributed by atoms with Gasteiger partial charge in [-0.25, -0.2) is 13.2 Å². The van der Waals surface area contributed by atoms with E-state index in [1.807, 2.05) is 0 Å². The van der Waals surface area contributed by atoms with Gasteiger partial charge in [-0.2, -0.15) is 0 Å². The quantitative estimate of drug-likeness (QED) is 0.407. The molecular formula is C11H19N3O6S. The normalized spacial score (nSPS) is 22.2. The molecule has 2 atom stereocenters. The van der Waals surface area contributed by atoms with E-state index < -0.39 is 39.7 Å². The number of carboxylic acid groups (broad SMARTS) is 1. The molecule has 0 aromatic rings. The van der Waals surface area contributed by atoms with E-state index in [0.29, 0.717) is 0 Å². The zero-order chi connectivity index (χ0) is 16.0. The molecule has 1 fully saturated rings. The number of hydrogen-bond acceptors (Lipinski definition) is 6. The molecule has 1 heterocycles. The van der Waals surface area contributed by atoms with Gasteiger partial charge in [0.25, 0.3) is 0 Å². The monoisotopic (exact) mass is 321 g/mol. The van der Waals surface area contributed by atoms with Crippen molar-refractivity contribution in [2.24, 2.45) is 5.73 Å². The maximum absolute atomic E-state index is 11.8. The van der Waals surface area contributed by atoms with E-state index >= 15 is 0 Å². The number of primary amides is 1. The van der Waals surface area contributed by atoms with Crippen molar-refractivity contribution >= 4 is 27.6 Å². The third-order valence-corrected chi connectivity index (χ3v) is 4.78. The molecule has 120 valence electrons. The number of hydrogen-bond donors (Lipinski definition) is 4. The summed E-state index contributed by atoms with van der Waals surface area (Å²) in [4.78, 5) is 33.4. The predicted molar refractivity (Wildman–Crippen MR) is 73.1 cm³/mol. The molecule has 1 aliphatic heterocycles. The Labute approximate surface area is 122 Å². The van der Waals surface area contributed by atoms with Crippen molar-refractivity contribution in [1.82, 2.24) is 10.6 Å². The first kappa shape index (κ1) is 17.4.